The largest absolute Gasteiger partial charge is 0.264 e. The molecule has 0 aliphatic heterocycles. The van der Waals surface area contributed by atoms with E-state index in [1.807, 2.05) is 30.0 Å². The van der Waals surface area contributed by atoms with E-state index < -0.39 is 0 Å². The Morgan fingerprint density at radius 3 is 2.47 bits per heavy atom. The molecule has 100 valence electrons. The molecular weight excluding hydrogens is 258 g/mol. The maximum Gasteiger partial charge on any atom is 0.218 e. The van der Waals surface area contributed by atoms with Crippen molar-refractivity contribution >= 4 is 11.8 Å². The number of hydrogen-bond acceptors (Lipinski definition) is 3. The van der Waals surface area contributed by atoms with E-state index in [2.05, 4.69) is 12.1 Å². The Kier molecular flexibility index (Phi) is 2.47. The van der Waals surface area contributed by atoms with Crippen LogP contribution in [0, 0.1) is 33.8 Å². The summed E-state index contributed by atoms with van der Waals surface area (Å²) in [5, 5.41) is 11.1. The first-order chi connectivity index (χ1) is 9.21. The molecule has 0 amide bonds. The standard InChI is InChI=1S/C15H17NO2S/c17-16(18)9-15(11-6-12-13(7-11)14(12)15)19-8-10-4-2-1-3-5-10/h1-5,11-14H,6-9H2. The van der Waals surface area contributed by atoms with E-state index in [9.17, 15) is 10.1 Å². The maximum absolute atomic E-state index is 11.1. The van der Waals surface area contributed by atoms with Crippen LogP contribution in [0.2, 0.25) is 0 Å². The Morgan fingerprint density at radius 2 is 1.95 bits per heavy atom. The molecule has 0 N–H and O–H groups in total. The lowest BCUT2D eigenvalue weighted by molar-refractivity contribution is -0.486. The normalized spacial score (nSPS) is 41.5. The van der Waals surface area contributed by atoms with Crippen LogP contribution in [0.25, 0.3) is 0 Å². The van der Waals surface area contributed by atoms with Crippen molar-refractivity contribution in [3.63, 3.8) is 0 Å². The number of nitrogens with zero attached hydrogens (tertiary/aromatic N) is 1. The van der Waals surface area contributed by atoms with Crippen LogP contribution >= 0.6 is 11.8 Å². The summed E-state index contributed by atoms with van der Waals surface area (Å²) in [7, 11) is 0. The van der Waals surface area contributed by atoms with Gasteiger partial charge in [-0.25, -0.2) is 0 Å². The Morgan fingerprint density at radius 1 is 1.26 bits per heavy atom. The van der Waals surface area contributed by atoms with Crippen LogP contribution in [-0.4, -0.2) is 16.2 Å². The van der Waals surface area contributed by atoms with Gasteiger partial charge in [-0.1, -0.05) is 30.3 Å². The fourth-order valence-electron chi connectivity index (χ4n) is 4.72. The molecule has 19 heavy (non-hydrogen) atoms. The Balaban J connectivity index is 1.54. The van der Waals surface area contributed by atoms with Gasteiger partial charge in [-0.15, -0.1) is 11.8 Å². The van der Waals surface area contributed by atoms with Crippen molar-refractivity contribution in [2.45, 2.75) is 23.3 Å². The Labute approximate surface area is 116 Å². The smallest absolute Gasteiger partial charge is 0.218 e. The fourth-order valence-corrected chi connectivity index (χ4v) is 6.52. The predicted molar refractivity (Wildman–Crippen MR) is 75.5 cm³/mol. The highest BCUT2D eigenvalue weighted by atomic mass is 32.2. The van der Waals surface area contributed by atoms with Crippen LogP contribution in [0.5, 0.6) is 0 Å². The highest BCUT2D eigenvalue weighted by molar-refractivity contribution is 8.00. The molecule has 4 aliphatic rings. The van der Waals surface area contributed by atoms with Gasteiger partial charge in [0.15, 0.2) is 0 Å². The van der Waals surface area contributed by atoms with Crippen molar-refractivity contribution < 1.29 is 4.92 Å². The summed E-state index contributed by atoms with van der Waals surface area (Å²) in [4.78, 5) is 11.0. The summed E-state index contributed by atoms with van der Waals surface area (Å²) >= 11 is 1.87. The molecule has 3 unspecified atom stereocenters. The van der Waals surface area contributed by atoms with Gasteiger partial charge in [0.2, 0.25) is 6.54 Å². The third kappa shape index (κ3) is 1.65. The second-order valence-electron chi connectivity index (χ2n) is 6.24. The van der Waals surface area contributed by atoms with E-state index in [0.717, 1.165) is 17.6 Å². The molecule has 0 aromatic heterocycles. The van der Waals surface area contributed by atoms with Gasteiger partial charge >= 0.3 is 0 Å². The third-order valence-electron chi connectivity index (χ3n) is 5.43. The molecule has 4 saturated carbocycles. The van der Waals surface area contributed by atoms with E-state index in [1.54, 1.807) is 0 Å². The van der Waals surface area contributed by atoms with Gasteiger partial charge in [0.05, 0.1) is 4.75 Å². The third-order valence-corrected chi connectivity index (χ3v) is 7.18. The second kappa shape index (κ2) is 3.98. The highest BCUT2D eigenvalue weighted by Gasteiger charge is 2.77. The minimum Gasteiger partial charge on any atom is -0.264 e. The average Bonchev–Trinajstić information content (AvgIpc) is 2.74. The first kappa shape index (κ1) is 11.8. The molecule has 0 radical (unpaired) electrons. The maximum atomic E-state index is 11.1. The molecule has 3 nitrogen and oxygen atoms in total. The molecule has 4 fully saturated rings. The number of benzene rings is 1. The van der Waals surface area contributed by atoms with E-state index in [-0.39, 0.29) is 16.2 Å². The van der Waals surface area contributed by atoms with Crippen LogP contribution in [0.4, 0.5) is 0 Å². The lowest BCUT2D eigenvalue weighted by Gasteiger charge is -2.28. The Hall–Kier alpha value is -1.03. The molecule has 0 saturated heterocycles. The Bertz CT molecular complexity index is 504. The average molecular weight is 275 g/mol. The number of nitro groups is 1. The second-order valence-corrected chi connectivity index (χ2v) is 7.58. The summed E-state index contributed by atoms with van der Waals surface area (Å²) in [5.41, 5.74) is 1.29. The molecule has 1 aromatic carbocycles. The van der Waals surface area contributed by atoms with Gasteiger partial charge < -0.3 is 0 Å². The lowest BCUT2D eigenvalue weighted by Crippen LogP contribution is -2.37. The van der Waals surface area contributed by atoms with E-state index >= 15 is 0 Å². The summed E-state index contributed by atoms with van der Waals surface area (Å²) < 4.78 is -0.0469. The number of rotatable bonds is 5. The molecule has 3 atom stereocenters. The molecular formula is C15H17NO2S. The highest BCUT2D eigenvalue weighted by Crippen LogP contribution is 2.78. The monoisotopic (exact) mass is 275 g/mol. The van der Waals surface area contributed by atoms with Gasteiger partial charge in [0.25, 0.3) is 0 Å². The lowest BCUT2D eigenvalue weighted by atomic mass is 9.97. The quantitative estimate of drug-likeness (QED) is 0.612. The van der Waals surface area contributed by atoms with Crippen molar-refractivity contribution in [1.82, 2.24) is 0 Å². The SMILES string of the molecule is O=[N+]([O-])CC1(SCc2ccccc2)C2CC3C(C2)C31. The topological polar surface area (TPSA) is 43.1 Å². The minimum atomic E-state index is -0.0753. The van der Waals surface area contributed by atoms with Crippen molar-refractivity contribution in [3.05, 3.63) is 46.0 Å². The first-order valence-electron chi connectivity index (χ1n) is 7.00. The van der Waals surface area contributed by atoms with E-state index in [1.165, 1.54) is 18.4 Å². The van der Waals surface area contributed by atoms with Crippen molar-refractivity contribution in [2.24, 2.45) is 23.7 Å². The molecule has 0 spiro atoms. The van der Waals surface area contributed by atoms with Gasteiger partial charge in [-0.2, -0.15) is 0 Å². The van der Waals surface area contributed by atoms with E-state index in [4.69, 9.17) is 0 Å². The van der Waals surface area contributed by atoms with Crippen LogP contribution in [0.15, 0.2) is 30.3 Å². The summed E-state index contributed by atoms with van der Waals surface area (Å²) in [5.74, 6) is 3.82. The molecule has 4 heteroatoms. The fraction of sp³-hybridized carbons (Fsp3) is 0.600. The van der Waals surface area contributed by atoms with Crippen molar-refractivity contribution in [2.75, 3.05) is 6.54 Å². The zero-order valence-electron chi connectivity index (χ0n) is 10.7. The summed E-state index contributed by atoms with van der Waals surface area (Å²) in [6.07, 6.45) is 2.51. The van der Waals surface area contributed by atoms with Gasteiger partial charge in [0.1, 0.15) is 0 Å². The molecule has 4 bridgehead atoms. The van der Waals surface area contributed by atoms with Gasteiger partial charge in [0, 0.05) is 10.7 Å². The molecule has 1 aromatic rings. The minimum absolute atomic E-state index is 0.0469. The van der Waals surface area contributed by atoms with Crippen LogP contribution in [0.1, 0.15) is 18.4 Å². The first-order valence-corrected chi connectivity index (χ1v) is 7.99. The molecule has 4 aliphatic carbocycles. The van der Waals surface area contributed by atoms with Gasteiger partial charge in [-0.3, -0.25) is 10.1 Å². The van der Waals surface area contributed by atoms with Crippen LogP contribution in [0.3, 0.4) is 0 Å². The van der Waals surface area contributed by atoms with Crippen molar-refractivity contribution in [1.29, 1.82) is 0 Å². The van der Waals surface area contributed by atoms with Crippen LogP contribution in [-0.2, 0) is 5.75 Å². The predicted octanol–water partition coefficient (Wildman–Crippen LogP) is 3.22. The number of hydrogen-bond donors (Lipinski definition) is 0. The van der Waals surface area contributed by atoms with E-state index in [0.29, 0.717) is 11.8 Å². The zero-order valence-corrected chi connectivity index (χ0v) is 11.5. The molecule has 5 rings (SSSR count). The van der Waals surface area contributed by atoms with Gasteiger partial charge in [-0.05, 0) is 42.1 Å². The van der Waals surface area contributed by atoms with Crippen molar-refractivity contribution in [3.8, 4) is 0 Å². The summed E-state index contributed by atoms with van der Waals surface area (Å²) in [6.45, 7) is 0.173. The number of thioether (sulfide) groups is 1. The van der Waals surface area contributed by atoms with Crippen LogP contribution < -0.4 is 0 Å². The summed E-state index contributed by atoms with van der Waals surface area (Å²) in [6, 6.07) is 10.4. The zero-order chi connectivity index (χ0) is 13.0. The molecule has 0 heterocycles.